The molecule has 2 aliphatic rings. The molecule has 0 radical (unpaired) electrons. The highest BCUT2D eigenvalue weighted by Crippen LogP contribution is 2.53. The molecule has 1 atom stereocenters. The van der Waals surface area contributed by atoms with Gasteiger partial charge >= 0.3 is 0 Å². The van der Waals surface area contributed by atoms with Crippen molar-refractivity contribution in [2.45, 2.75) is 18.2 Å². The number of rotatable bonds is 2. The van der Waals surface area contributed by atoms with Crippen molar-refractivity contribution in [1.82, 2.24) is 0 Å². The van der Waals surface area contributed by atoms with Crippen LogP contribution in [0.4, 0.5) is 11.4 Å². The van der Waals surface area contributed by atoms with Gasteiger partial charge in [0, 0.05) is 16.9 Å². The second-order valence-electron chi connectivity index (χ2n) is 5.68. The fraction of sp³-hybridized carbons (Fsp3) is 0.222. The molecule has 2 aliphatic heterocycles. The predicted octanol–water partition coefficient (Wildman–Crippen LogP) is 3.13. The fourth-order valence-electron chi connectivity index (χ4n) is 3.26. The summed E-state index contributed by atoms with van der Waals surface area (Å²) < 4.78 is 0. The fourth-order valence-corrected chi connectivity index (χ4v) is 4.57. The zero-order valence-electron chi connectivity index (χ0n) is 12.7. The topological polar surface area (TPSA) is 49.4 Å². The molecule has 2 heterocycles. The summed E-state index contributed by atoms with van der Waals surface area (Å²) >= 11 is 1.39. The maximum absolute atomic E-state index is 12.8. The Morgan fingerprint density at radius 1 is 1.13 bits per heavy atom. The molecule has 0 aliphatic carbocycles. The summed E-state index contributed by atoms with van der Waals surface area (Å²) in [5.41, 5.74) is 3.62. The van der Waals surface area contributed by atoms with Crippen molar-refractivity contribution in [2.24, 2.45) is 0 Å². The summed E-state index contributed by atoms with van der Waals surface area (Å²) in [5, 5.41) is 2.92. The zero-order valence-corrected chi connectivity index (χ0v) is 13.5. The molecule has 1 saturated heterocycles. The Bertz CT molecular complexity index is 803. The highest BCUT2D eigenvalue weighted by atomic mass is 32.2. The lowest BCUT2D eigenvalue weighted by molar-refractivity contribution is -0.122. The van der Waals surface area contributed by atoms with Gasteiger partial charge in [-0.15, -0.1) is 11.8 Å². The molecular formula is C18H16N2O2S. The molecule has 0 bridgehead atoms. The van der Waals surface area contributed by atoms with Crippen molar-refractivity contribution in [2.75, 3.05) is 16.0 Å². The molecule has 0 saturated carbocycles. The molecule has 2 aromatic rings. The maximum Gasteiger partial charge on any atom is 0.266 e. The molecule has 1 unspecified atom stereocenters. The first kappa shape index (κ1) is 14.3. The molecule has 1 N–H and O–H groups in total. The first-order valence-corrected chi connectivity index (χ1v) is 8.62. The van der Waals surface area contributed by atoms with Gasteiger partial charge in [-0.25, -0.2) is 0 Å². The molecule has 1 spiro atoms. The molecule has 2 aromatic carbocycles. The molecule has 4 nitrogen and oxygen atoms in total. The Labute approximate surface area is 138 Å². The number of carbonyl (C=O) groups excluding carboxylic acids is 2. The molecule has 116 valence electrons. The van der Waals surface area contributed by atoms with Gasteiger partial charge in [0.25, 0.3) is 5.91 Å². The van der Waals surface area contributed by atoms with E-state index >= 15 is 0 Å². The van der Waals surface area contributed by atoms with E-state index in [4.69, 9.17) is 0 Å². The number of amides is 2. The standard InChI is InChI=1S/C18H16N2O2S/c1-2-12-7-9-13(10-8-12)20-16(21)11-23-18(20)14-5-3-4-6-15(14)19-17(18)22/h3-10H,2,11H2,1H3,(H,19,22). The summed E-state index contributed by atoms with van der Waals surface area (Å²) in [6, 6.07) is 15.5. The average molecular weight is 324 g/mol. The van der Waals surface area contributed by atoms with Gasteiger partial charge in [-0.05, 0) is 30.2 Å². The number of carbonyl (C=O) groups is 2. The van der Waals surface area contributed by atoms with E-state index in [0.717, 1.165) is 23.4 Å². The third-order valence-electron chi connectivity index (χ3n) is 4.42. The minimum Gasteiger partial charge on any atom is -0.323 e. The third-order valence-corrected chi connectivity index (χ3v) is 5.82. The Kier molecular flexibility index (Phi) is 3.20. The number of thioether (sulfide) groups is 1. The number of anilines is 2. The lowest BCUT2D eigenvalue weighted by Gasteiger charge is -2.32. The van der Waals surface area contributed by atoms with E-state index in [1.807, 2.05) is 48.5 Å². The van der Waals surface area contributed by atoms with Crippen molar-refractivity contribution in [3.63, 3.8) is 0 Å². The molecule has 4 rings (SSSR count). The molecule has 23 heavy (non-hydrogen) atoms. The molecular weight excluding hydrogens is 308 g/mol. The Balaban J connectivity index is 1.87. The number of nitrogens with zero attached hydrogens (tertiary/aromatic N) is 1. The van der Waals surface area contributed by atoms with Crippen LogP contribution in [-0.4, -0.2) is 17.6 Å². The van der Waals surface area contributed by atoms with Crippen LogP contribution in [0.25, 0.3) is 0 Å². The molecule has 2 amide bonds. The molecule has 5 heteroatoms. The van der Waals surface area contributed by atoms with Crippen LogP contribution in [-0.2, 0) is 20.9 Å². The quantitative estimate of drug-likeness (QED) is 0.923. The minimum atomic E-state index is -0.985. The Hall–Kier alpha value is -2.27. The predicted molar refractivity (Wildman–Crippen MR) is 92.5 cm³/mol. The van der Waals surface area contributed by atoms with Gasteiger partial charge in [-0.1, -0.05) is 37.3 Å². The van der Waals surface area contributed by atoms with E-state index in [1.54, 1.807) is 4.90 Å². The third kappa shape index (κ3) is 1.93. The van der Waals surface area contributed by atoms with Crippen molar-refractivity contribution in [1.29, 1.82) is 0 Å². The number of nitrogens with one attached hydrogen (secondary N) is 1. The van der Waals surface area contributed by atoms with Crippen LogP contribution in [0.15, 0.2) is 48.5 Å². The van der Waals surface area contributed by atoms with E-state index in [2.05, 4.69) is 12.2 Å². The lowest BCUT2D eigenvalue weighted by Crippen LogP contribution is -2.47. The second kappa shape index (κ2) is 5.13. The monoisotopic (exact) mass is 324 g/mol. The van der Waals surface area contributed by atoms with E-state index in [0.29, 0.717) is 5.75 Å². The summed E-state index contributed by atoms with van der Waals surface area (Å²) in [6.07, 6.45) is 0.942. The van der Waals surface area contributed by atoms with Gasteiger partial charge in [0.1, 0.15) is 0 Å². The number of benzene rings is 2. The maximum atomic E-state index is 12.8. The van der Waals surface area contributed by atoms with Crippen LogP contribution in [0, 0.1) is 0 Å². The summed E-state index contributed by atoms with van der Waals surface area (Å²) in [6.45, 7) is 2.09. The number of hydrogen-bond donors (Lipinski definition) is 1. The number of aryl methyl sites for hydroxylation is 1. The highest BCUT2D eigenvalue weighted by Gasteiger charge is 2.58. The van der Waals surface area contributed by atoms with Gasteiger partial charge in [0.15, 0.2) is 0 Å². The van der Waals surface area contributed by atoms with Gasteiger partial charge in [-0.3, -0.25) is 14.5 Å². The van der Waals surface area contributed by atoms with Crippen molar-refractivity contribution >= 4 is 35.0 Å². The average Bonchev–Trinajstić information content (AvgIpc) is 3.07. The van der Waals surface area contributed by atoms with Crippen LogP contribution in [0.5, 0.6) is 0 Å². The largest absolute Gasteiger partial charge is 0.323 e. The number of para-hydroxylation sites is 1. The first-order valence-electron chi connectivity index (χ1n) is 7.63. The smallest absolute Gasteiger partial charge is 0.266 e. The number of hydrogen-bond acceptors (Lipinski definition) is 3. The van der Waals surface area contributed by atoms with Gasteiger partial charge in [0.05, 0.1) is 5.75 Å². The van der Waals surface area contributed by atoms with E-state index in [-0.39, 0.29) is 11.8 Å². The van der Waals surface area contributed by atoms with E-state index in [9.17, 15) is 9.59 Å². The van der Waals surface area contributed by atoms with E-state index < -0.39 is 4.87 Å². The highest BCUT2D eigenvalue weighted by molar-refractivity contribution is 8.02. The Morgan fingerprint density at radius 2 is 1.87 bits per heavy atom. The second-order valence-corrected chi connectivity index (χ2v) is 6.85. The SMILES string of the molecule is CCc1ccc(N2C(=O)CSC23C(=O)Nc2ccccc23)cc1. The van der Waals surface area contributed by atoms with Crippen LogP contribution in [0.2, 0.25) is 0 Å². The summed E-state index contributed by atoms with van der Waals surface area (Å²) in [5.74, 6) is 0.123. The van der Waals surface area contributed by atoms with Gasteiger partial charge in [0.2, 0.25) is 10.8 Å². The summed E-state index contributed by atoms with van der Waals surface area (Å²) in [4.78, 5) is 26.0. The Morgan fingerprint density at radius 3 is 2.61 bits per heavy atom. The van der Waals surface area contributed by atoms with Crippen LogP contribution in [0.1, 0.15) is 18.1 Å². The molecule has 1 fully saturated rings. The summed E-state index contributed by atoms with van der Waals surface area (Å²) in [7, 11) is 0. The first-order chi connectivity index (χ1) is 11.2. The van der Waals surface area contributed by atoms with Crippen LogP contribution < -0.4 is 10.2 Å². The number of fused-ring (bicyclic) bond motifs is 2. The van der Waals surface area contributed by atoms with Gasteiger partial charge < -0.3 is 5.32 Å². The lowest BCUT2D eigenvalue weighted by atomic mass is 10.0. The van der Waals surface area contributed by atoms with Crippen molar-refractivity contribution in [3.05, 3.63) is 59.7 Å². The molecule has 0 aromatic heterocycles. The van der Waals surface area contributed by atoms with Gasteiger partial charge in [-0.2, -0.15) is 0 Å². The van der Waals surface area contributed by atoms with Crippen LogP contribution >= 0.6 is 11.8 Å². The normalized spacial score (nSPS) is 22.6. The van der Waals surface area contributed by atoms with Crippen molar-refractivity contribution in [3.8, 4) is 0 Å². The minimum absolute atomic E-state index is 0.0360. The zero-order chi connectivity index (χ0) is 16.0. The van der Waals surface area contributed by atoms with Crippen molar-refractivity contribution < 1.29 is 9.59 Å². The van der Waals surface area contributed by atoms with E-state index in [1.165, 1.54) is 17.3 Å². The van der Waals surface area contributed by atoms with Crippen LogP contribution in [0.3, 0.4) is 0 Å².